The van der Waals surface area contributed by atoms with E-state index in [9.17, 15) is 4.79 Å². The molecule has 1 atom stereocenters. The highest BCUT2D eigenvalue weighted by molar-refractivity contribution is 5.78. The van der Waals surface area contributed by atoms with Crippen LogP contribution in [0.15, 0.2) is 0 Å². The van der Waals surface area contributed by atoms with Gasteiger partial charge in [-0.15, -0.1) is 0 Å². The van der Waals surface area contributed by atoms with E-state index < -0.39 is 0 Å². The maximum absolute atomic E-state index is 11.6. The predicted molar refractivity (Wildman–Crippen MR) is 78.7 cm³/mol. The Morgan fingerprint density at radius 2 is 1.72 bits per heavy atom. The Morgan fingerprint density at radius 1 is 1.11 bits per heavy atom. The highest BCUT2D eigenvalue weighted by atomic mass is 16.2. The van der Waals surface area contributed by atoms with Crippen molar-refractivity contribution in [3.63, 3.8) is 0 Å². The van der Waals surface area contributed by atoms with Gasteiger partial charge in [0.05, 0.1) is 6.54 Å². The molecule has 1 unspecified atom stereocenters. The second kappa shape index (κ2) is 9.37. The Balaban J connectivity index is 3.52. The van der Waals surface area contributed by atoms with Crippen molar-refractivity contribution >= 4 is 5.91 Å². The van der Waals surface area contributed by atoms with E-state index in [1.807, 2.05) is 20.8 Å². The summed E-state index contributed by atoms with van der Waals surface area (Å²) in [7, 11) is 0. The van der Waals surface area contributed by atoms with E-state index in [0.29, 0.717) is 12.6 Å². The van der Waals surface area contributed by atoms with E-state index in [1.54, 1.807) is 0 Å². The zero-order valence-corrected chi connectivity index (χ0v) is 12.9. The lowest BCUT2D eigenvalue weighted by atomic mass is 10.1. The second-order valence-corrected chi connectivity index (χ2v) is 6.28. The van der Waals surface area contributed by atoms with Crippen LogP contribution in [0.3, 0.4) is 0 Å². The van der Waals surface area contributed by atoms with Gasteiger partial charge in [0.1, 0.15) is 0 Å². The molecule has 0 heterocycles. The van der Waals surface area contributed by atoms with Gasteiger partial charge in [-0.3, -0.25) is 4.79 Å². The lowest BCUT2D eigenvalue weighted by Crippen LogP contribution is -2.46. The molecular formula is C15H32N2O. The molecule has 0 aliphatic rings. The number of amides is 1. The number of hydrogen-bond acceptors (Lipinski definition) is 2. The fraction of sp³-hybridized carbons (Fsp3) is 0.933. The molecule has 108 valence electrons. The molecule has 0 aliphatic heterocycles. The number of carbonyl (C=O) groups is 1. The zero-order valence-electron chi connectivity index (χ0n) is 12.9. The summed E-state index contributed by atoms with van der Waals surface area (Å²) in [6.07, 6.45) is 7.71. The molecule has 0 rings (SSSR count). The molecule has 0 saturated heterocycles. The quantitative estimate of drug-likeness (QED) is 0.622. The van der Waals surface area contributed by atoms with Crippen LogP contribution in [0.2, 0.25) is 0 Å². The third-order valence-corrected chi connectivity index (χ3v) is 2.87. The van der Waals surface area contributed by atoms with Gasteiger partial charge in [-0.1, -0.05) is 39.0 Å². The van der Waals surface area contributed by atoms with E-state index in [4.69, 9.17) is 0 Å². The molecule has 1 amide bonds. The van der Waals surface area contributed by atoms with Crippen LogP contribution >= 0.6 is 0 Å². The fourth-order valence-corrected chi connectivity index (χ4v) is 1.89. The van der Waals surface area contributed by atoms with Gasteiger partial charge in [0.15, 0.2) is 0 Å². The van der Waals surface area contributed by atoms with Crippen LogP contribution in [-0.2, 0) is 4.79 Å². The van der Waals surface area contributed by atoms with Crippen LogP contribution < -0.4 is 10.6 Å². The van der Waals surface area contributed by atoms with Gasteiger partial charge in [0.25, 0.3) is 0 Å². The number of nitrogens with one attached hydrogen (secondary N) is 2. The number of rotatable bonds is 9. The average Bonchev–Trinajstić information content (AvgIpc) is 2.24. The van der Waals surface area contributed by atoms with Crippen molar-refractivity contribution in [3.8, 4) is 0 Å². The van der Waals surface area contributed by atoms with Gasteiger partial charge in [-0.25, -0.2) is 0 Å². The molecule has 0 radical (unpaired) electrons. The number of hydrogen-bond donors (Lipinski definition) is 2. The minimum atomic E-state index is -0.137. The Morgan fingerprint density at radius 3 is 2.28 bits per heavy atom. The third kappa shape index (κ3) is 11.9. The summed E-state index contributed by atoms with van der Waals surface area (Å²) in [5.74, 6) is 0.0836. The summed E-state index contributed by atoms with van der Waals surface area (Å²) in [4.78, 5) is 11.6. The van der Waals surface area contributed by atoms with E-state index in [-0.39, 0.29) is 11.4 Å². The molecule has 0 fully saturated rings. The SMILES string of the molecule is CCCCCCCC(C)NCC(=O)NC(C)(C)C. The first-order chi connectivity index (χ1) is 8.35. The largest absolute Gasteiger partial charge is 0.350 e. The van der Waals surface area contributed by atoms with Crippen LogP contribution in [0.5, 0.6) is 0 Å². The lowest BCUT2D eigenvalue weighted by molar-refractivity contribution is -0.121. The Kier molecular flexibility index (Phi) is 9.08. The monoisotopic (exact) mass is 256 g/mol. The maximum atomic E-state index is 11.6. The van der Waals surface area contributed by atoms with Crippen molar-refractivity contribution in [2.24, 2.45) is 0 Å². The van der Waals surface area contributed by atoms with Crippen molar-refractivity contribution < 1.29 is 4.79 Å². The van der Waals surface area contributed by atoms with E-state index in [0.717, 1.165) is 6.42 Å². The first-order valence-electron chi connectivity index (χ1n) is 7.39. The summed E-state index contributed by atoms with van der Waals surface area (Å²) < 4.78 is 0. The van der Waals surface area contributed by atoms with Gasteiger partial charge in [0, 0.05) is 11.6 Å². The fourth-order valence-electron chi connectivity index (χ4n) is 1.89. The van der Waals surface area contributed by atoms with Crippen molar-refractivity contribution in [3.05, 3.63) is 0 Å². The van der Waals surface area contributed by atoms with Gasteiger partial charge in [0.2, 0.25) is 5.91 Å². The van der Waals surface area contributed by atoms with Crippen LogP contribution in [-0.4, -0.2) is 24.0 Å². The van der Waals surface area contributed by atoms with Crippen LogP contribution in [0.4, 0.5) is 0 Å². The molecular weight excluding hydrogens is 224 g/mol. The van der Waals surface area contributed by atoms with Crippen molar-refractivity contribution in [1.82, 2.24) is 10.6 Å². The van der Waals surface area contributed by atoms with Crippen LogP contribution in [0.25, 0.3) is 0 Å². The van der Waals surface area contributed by atoms with Crippen molar-refractivity contribution in [2.45, 2.75) is 84.7 Å². The van der Waals surface area contributed by atoms with Crippen molar-refractivity contribution in [1.29, 1.82) is 0 Å². The normalized spacial score (nSPS) is 13.4. The molecule has 2 N–H and O–H groups in total. The first kappa shape index (κ1) is 17.4. The van der Waals surface area contributed by atoms with Crippen LogP contribution in [0, 0.1) is 0 Å². The summed E-state index contributed by atoms with van der Waals surface area (Å²) >= 11 is 0. The maximum Gasteiger partial charge on any atom is 0.234 e. The lowest BCUT2D eigenvalue weighted by Gasteiger charge is -2.21. The van der Waals surface area contributed by atoms with Gasteiger partial charge >= 0.3 is 0 Å². The molecule has 0 aromatic heterocycles. The summed E-state index contributed by atoms with van der Waals surface area (Å²) in [6.45, 7) is 10.8. The highest BCUT2D eigenvalue weighted by Crippen LogP contribution is 2.06. The summed E-state index contributed by atoms with van der Waals surface area (Å²) in [6, 6.07) is 0.428. The molecule has 18 heavy (non-hydrogen) atoms. The first-order valence-corrected chi connectivity index (χ1v) is 7.39. The Labute approximate surface area is 113 Å². The molecule has 0 spiro atoms. The topological polar surface area (TPSA) is 41.1 Å². The van der Waals surface area contributed by atoms with E-state index in [2.05, 4.69) is 24.5 Å². The number of carbonyl (C=O) groups excluding carboxylic acids is 1. The van der Waals surface area contributed by atoms with Gasteiger partial charge in [-0.2, -0.15) is 0 Å². The minimum absolute atomic E-state index is 0.0836. The molecule has 0 saturated carbocycles. The third-order valence-electron chi connectivity index (χ3n) is 2.87. The Bertz CT molecular complexity index is 221. The molecule has 0 aromatic carbocycles. The second-order valence-electron chi connectivity index (χ2n) is 6.28. The summed E-state index contributed by atoms with van der Waals surface area (Å²) in [5.41, 5.74) is -0.137. The van der Waals surface area contributed by atoms with Gasteiger partial charge in [-0.05, 0) is 34.1 Å². The zero-order chi connectivity index (χ0) is 14.0. The van der Waals surface area contributed by atoms with Gasteiger partial charge < -0.3 is 10.6 Å². The molecule has 0 bridgehead atoms. The molecule has 0 aromatic rings. The van der Waals surface area contributed by atoms with E-state index >= 15 is 0 Å². The molecule has 3 heteroatoms. The van der Waals surface area contributed by atoms with Crippen LogP contribution in [0.1, 0.15) is 73.1 Å². The smallest absolute Gasteiger partial charge is 0.234 e. The average molecular weight is 256 g/mol. The Hall–Kier alpha value is -0.570. The highest BCUT2D eigenvalue weighted by Gasteiger charge is 2.13. The summed E-state index contributed by atoms with van der Waals surface area (Å²) in [5, 5.41) is 6.24. The number of unbranched alkanes of at least 4 members (excludes halogenated alkanes) is 4. The van der Waals surface area contributed by atoms with E-state index in [1.165, 1.54) is 32.1 Å². The standard InChI is InChI=1S/C15H32N2O/c1-6-7-8-9-10-11-13(2)16-12-14(18)17-15(3,4)5/h13,16H,6-12H2,1-5H3,(H,17,18). The predicted octanol–water partition coefficient (Wildman–Crippen LogP) is 3.24. The van der Waals surface area contributed by atoms with Crippen molar-refractivity contribution in [2.75, 3.05) is 6.54 Å². The molecule has 0 aliphatic carbocycles. The minimum Gasteiger partial charge on any atom is -0.350 e. The molecule has 3 nitrogen and oxygen atoms in total.